The number of rotatable bonds is 7. The van der Waals surface area contributed by atoms with E-state index in [9.17, 15) is 14.4 Å². The summed E-state index contributed by atoms with van der Waals surface area (Å²) in [5.74, 6) is -0.889. The van der Waals surface area contributed by atoms with Gasteiger partial charge < -0.3 is 20.1 Å². The first-order valence-electron chi connectivity index (χ1n) is 9.98. The number of aryl methyl sites for hydroxylation is 1. The average molecular weight is 453 g/mol. The number of ether oxygens (including phenoxy) is 2. The highest BCUT2D eigenvalue weighted by molar-refractivity contribution is 7.19. The van der Waals surface area contributed by atoms with E-state index in [0.717, 1.165) is 16.9 Å². The van der Waals surface area contributed by atoms with E-state index in [1.54, 1.807) is 43.3 Å². The van der Waals surface area contributed by atoms with Crippen LogP contribution < -0.4 is 15.4 Å². The van der Waals surface area contributed by atoms with Crippen LogP contribution in [0, 0.1) is 13.8 Å². The molecule has 0 radical (unpaired) electrons. The lowest BCUT2D eigenvalue weighted by Crippen LogP contribution is -2.14. The Bertz CT molecular complexity index is 1170. The lowest BCUT2D eigenvalue weighted by atomic mass is 10.1. The molecule has 1 aromatic heterocycles. The van der Waals surface area contributed by atoms with E-state index in [0.29, 0.717) is 29.2 Å². The summed E-state index contributed by atoms with van der Waals surface area (Å²) in [6.45, 7) is 5.84. The largest absolute Gasteiger partial charge is 0.492 e. The van der Waals surface area contributed by atoms with Gasteiger partial charge in [-0.15, -0.1) is 11.3 Å². The third-order valence-electron chi connectivity index (χ3n) is 4.68. The molecule has 0 atom stereocenters. The predicted octanol–water partition coefficient (Wildman–Crippen LogP) is 5.05. The summed E-state index contributed by atoms with van der Waals surface area (Å²) in [5.41, 5.74) is 2.47. The zero-order chi connectivity index (χ0) is 23.3. The van der Waals surface area contributed by atoms with Crippen molar-refractivity contribution in [3.8, 4) is 5.75 Å². The number of benzene rings is 2. The molecule has 8 heteroatoms. The molecule has 0 spiro atoms. The van der Waals surface area contributed by atoms with Gasteiger partial charge in [0.25, 0.3) is 11.8 Å². The van der Waals surface area contributed by atoms with Crippen molar-refractivity contribution in [1.82, 2.24) is 0 Å². The lowest BCUT2D eigenvalue weighted by molar-refractivity contribution is 0.0601. The maximum absolute atomic E-state index is 13.0. The quantitative estimate of drug-likeness (QED) is 0.489. The number of esters is 1. The Morgan fingerprint density at radius 2 is 1.72 bits per heavy atom. The Hall–Kier alpha value is -3.65. The maximum Gasteiger partial charge on any atom is 0.341 e. The van der Waals surface area contributed by atoms with Crippen molar-refractivity contribution in [2.45, 2.75) is 20.8 Å². The van der Waals surface area contributed by atoms with Crippen LogP contribution in [-0.4, -0.2) is 31.5 Å². The molecule has 7 nitrogen and oxygen atoms in total. The van der Waals surface area contributed by atoms with Crippen molar-refractivity contribution in [3.05, 3.63) is 75.7 Å². The third kappa shape index (κ3) is 4.97. The van der Waals surface area contributed by atoms with E-state index in [1.807, 2.05) is 26.0 Å². The van der Waals surface area contributed by atoms with Gasteiger partial charge in [0.1, 0.15) is 10.8 Å². The highest BCUT2D eigenvalue weighted by atomic mass is 32.1. The number of anilines is 2. The molecule has 1 heterocycles. The van der Waals surface area contributed by atoms with Gasteiger partial charge in [-0.1, -0.05) is 29.8 Å². The molecule has 2 amide bonds. The van der Waals surface area contributed by atoms with Crippen LogP contribution in [0.4, 0.5) is 10.7 Å². The minimum absolute atomic E-state index is 0.154. The molecule has 0 unspecified atom stereocenters. The van der Waals surface area contributed by atoms with Crippen LogP contribution in [-0.2, 0) is 4.74 Å². The number of methoxy groups -OCH3 is 1. The zero-order valence-electron chi connectivity index (χ0n) is 18.3. The van der Waals surface area contributed by atoms with Crippen LogP contribution >= 0.6 is 11.3 Å². The molecular weight excluding hydrogens is 428 g/mol. The summed E-state index contributed by atoms with van der Waals surface area (Å²) in [6.07, 6.45) is 0. The second-order valence-electron chi connectivity index (χ2n) is 6.96. The molecule has 0 fully saturated rings. The summed E-state index contributed by atoms with van der Waals surface area (Å²) in [4.78, 5) is 38.5. The number of amides is 2. The van der Waals surface area contributed by atoms with E-state index in [1.165, 1.54) is 7.11 Å². The number of thiophene rings is 1. The molecule has 166 valence electrons. The van der Waals surface area contributed by atoms with E-state index >= 15 is 0 Å². The van der Waals surface area contributed by atoms with Crippen molar-refractivity contribution in [3.63, 3.8) is 0 Å². The van der Waals surface area contributed by atoms with Crippen LogP contribution in [0.2, 0.25) is 0 Å². The fourth-order valence-corrected chi connectivity index (χ4v) is 4.24. The summed E-state index contributed by atoms with van der Waals surface area (Å²) in [6, 6.07) is 14.2. The van der Waals surface area contributed by atoms with Gasteiger partial charge in [0.05, 0.1) is 29.8 Å². The Kier molecular flexibility index (Phi) is 7.27. The van der Waals surface area contributed by atoms with Crippen molar-refractivity contribution in [1.29, 1.82) is 0 Å². The van der Waals surface area contributed by atoms with Gasteiger partial charge in [0, 0.05) is 5.56 Å². The van der Waals surface area contributed by atoms with Gasteiger partial charge in [0.15, 0.2) is 0 Å². The van der Waals surface area contributed by atoms with Crippen molar-refractivity contribution < 1.29 is 23.9 Å². The first-order valence-corrected chi connectivity index (χ1v) is 10.8. The van der Waals surface area contributed by atoms with Crippen molar-refractivity contribution >= 4 is 39.8 Å². The predicted molar refractivity (Wildman–Crippen MR) is 125 cm³/mol. The SMILES string of the molecule is CCOc1ccccc1NC(=O)c1sc(NC(=O)c2cccc(C)c2)c(C(=O)OC)c1C. The molecule has 0 aliphatic rings. The molecule has 0 aliphatic heterocycles. The monoisotopic (exact) mass is 452 g/mol. The second kappa shape index (κ2) is 10.1. The molecule has 0 saturated heterocycles. The zero-order valence-corrected chi connectivity index (χ0v) is 19.1. The minimum Gasteiger partial charge on any atom is -0.492 e. The Labute approximate surface area is 190 Å². The van der Waals surface area contributed by atoms with Gasteiger partial charge in [-0.2, -0.15) is 0 Å². The van der Waals surface area contributed by atoms with Crippen molar-refractivity contribution in [2.24, 2.45) is 0 Å². The summed E-state index contributed by atoms with van der Waals surface area (Å²) in [7, 11) is 1.25. The summed E-state index contributed by atoms with van der Waals surface area (Å²) >= 11 is 1.02. The topological polar surface area (TPSA) is 93.7 Å². The van der Waals surface area contributed by atoms with Crippen LogP contribution in [0.1, 0.15) is 48.4 Å². The maximum atomic E-state index is 13.0. The number of para-hydroxylation sites is 2. The van der Waals surface area contributed by atoms with Gasteiger partial charge in [-0.05, 0) is 50.6 Å². The number of hydrogen-bond donors (Lipinski definition) is 2. The third-order valence-corrected chi connectivity index (χ3v) is 5.89. The Morgan fingerprint density at radius 1 is 0.969 bits per heavy atom. The smallest absolute Gasteiger partial charge is 0.341 e. The standard InChI is InChI=1S/C24H24N2O5S/c1-5-31-18-12-7-6-11-17(18)25-22(28)20-15(3)19(24(29)30-4)23(32-20)26-21(27)16-10-8-9-14(2)13-16/h6-13H,5H2,1-4H3,(H,25,28)(H,26,27). The number of nitrogens with one attached hydrogen (secondary N) is 2. The highest BCUT2D eigenvalue weighted by Gasteiger charge is 2.27. The minimum atomic E-state index is -0.632. The Morgan fingerprint density at radius 3 is 2.41 bits per heavy atom. The molecule has 0 bridgehead atoms. The van der Waals surface area contributed by atoms with E-state index in [2.05, 4.69) is 10.6 Å². The number of hydrogen-bond acceptors (Lipinski definition) is 6. The summed E-state index contributed by atoms with van der Waals surface area (Å²) in [5, 5.41) is 5.83. The number of carbonyl (C=O) groups excluding carboxylic acids is 3. The molecule has 2 N–H and O–H groups in total. The van der Waals surface area contributed by atoms with Gasteiger partial charge in [-0.25, -0.2) is 4.79 Å². The van der Waals surface area contributed by atoms with Crippen LogP contribution in [0.25, 0.3) is 0 Å². The highest BCUT2D eigenvalue weighted by Crippen LogP contribution is 2.35. The molecule has 2 aromatic carbocycles. The normalized spacial score (nSPS) is 10.4. The Balaban J connectivity index is 1.94. The molecular formula is C24H24N2O5S. The molecule has 32 heavy (non-hydrogen) atoms. The fourth-order valence-electron chi connectivity index (χ4n) is 3.16. The molecule has 3 aromatic rings. The van der Waals surface area contributed by atoms with Gasteiger partial charge >= 0.3 is 5.97 Å². The van der Waals surface area contributed by atoms with E-state index in [4.69, 9.17) is 9.47 Å². The number of carbonyl (C=O) groups is 3. The molecule has 3 rings (SSSR count). The molecule has 0 saturated carbocycles. The fraction of sp³-hybridized carbons (Fsp3) is 0.208. The van der Waals surface area contributed by atoms with Crippen LogP contribution in [0.5, 0.6) is 5.75 Å². The van der Waals surface area contributed by atoms with E-state index < -0.39 is 11.9 Å². The summed E-state index contributed by atoms with van der Waals surface area (Å²) < 4.78 is 10.4. The average Bonchev–Trinajstić information content (AvgIpc) is 3.10. The van der Waals surface area contributed by atoms with E-state index in [-0.39, 0.29) is 21.3 Å². The first kappa shape index (κ1) is 23.0. The second-order valence-corrected chi connectivity index (χ2v) is 7.98. The van der Waals surface area contributed by atoms with Gasteiger partial charge in [-0.3, -0.25) is 9.59 Å². The van der Waals surface area contributed by atoms with Crippen molar-refractivity contribution in [2.75, 3.05) is 24.4 Å². The van der Waals surface area contributed by atoms with Gasteiger partial charge in [0.2, 0.25) is 0 Å². The first-order chi connectivity index (χ1) is 15.3. The molecule has 0 aliphatic carbocycles. The lowest BCUT2D eigenvalue weighted by Gasteiger charge is -2.11. The van der Waals surface area contributed by atoms with Crippen LogP contribution in [0.3, 0.4) is 0 Å². The van der Waals surface area contributed by atoms with Crippen LogP contribution in [0.15, 0.2) is 48.5 Å².